The van der Waals surface area contributed by atoms with E-state index < -0.39 is 16.0 Å². The van der Waals surface area contributed by atoms with Crippen LogP contribution in [0.15, 0.2) is 53.7 Å². The summed E-state index contributed by atoms with van der Waals surface area (Å²) in [6.45, 7) is 0. The summed E-state index contributed by atoms with van der Waals surface area (Å²) in [5, 5.41) is 16.6. The number of aryl methyl sites for hydroxylation is 1. The smallest absolute Gasteiger partial charge is 0.337 e. The second-order valence-corrected chi connectivity index (χ2v) is 7.45. The number of rotatable bonds is 5. The van der Waals surface area contributed by atoms with Crippen molar-refractivity contribution in [1.29, 1.82) is 0 Å². The average Bonchev–Trinajstić information content (AvgIpc) is 3.00. The van der Waals surface area contributed by atoms with Gasteiger partial charge in [0.1, 0.15) is 6.33 Å². The van der Waals surface area contributed by atoms with Crippen LogP contribution >= 0.6 is 11.6 Å². The minimum absolute atomic E-state index is 0.153. The molecule has 0 aliphatic heterocycles. The quantitative estimate of drug-likeness (QED) is 0.689. The van der Waals surface area contributed by atoms with Gasteiger partial charge in [0, 0.05) is 12.6 Å². The number of halogens is 1. The molecule has 8 nitrogen and oxygen atoms in total. The monoisotopic (exact) mass is 392 g/mol. The first-order chi connectivity index (χ1) is 12.3. The van der Waals surface area contributed by atoms with Gasteiger partial charge in [0.05, 0.1) is 21.2 Å². The van der Waals surface area contributed by atoms with E-state index in [1.165, 1.54) is 12.4 Å². The standard InChI is InChI=1S/C16H13ClN4O4S/c1-21-9-18-19-15(21)12-4-2-3-5-14(12)20-26(24,25)10-6-7-11(16(22)23)13(17)8-10/h2-9,20H,1H3,(H,22,23). The lowest BCUT2D eigenvalue weighted by molar-refractivity contribution is 0.0697. The highest BCUT2D eigenvalue weighted by Crippen LogP contribution is 2.29. The first-order valence-corrected chi connectivity index (χ1v) is 9.15. The highest BCUT2D eigenvalue weighted by Gasteiger charge is 2.20. The van der Waals surface area contributed by atoms with Crippen molar-refractivity contribution in [2.75, 3.05) is 4.72 Å². The molecule has 1 heterocycles. The summed E-state index contributed by atoms with van der Waals surface area (Å²) in [4.78, 5) is 10.9. The number of hydrogen-bond acceptors (Lipinski definition) is 5. The average molecular weight is 393 g/mol. The van der Waals surface area contributed by atoms with Crippen LogP contribution in [0, 0.1) is 0 Å². The Morgan fingerprint density at radius 1 is 1.23 bits per heavy atom. The summed E-state index contributed by atoms with van der Waals surface area (Å²) in [6.07, 6.45) is 1.50. The van der Waals surface area contributed by atoms with Crippen LogP contribution in [0.1, 0.15) is 10.4 Å². The van der Waals surface area contributed by atoms with E-state index in [0.29, 0.717) is 17.1 Å². The zero-order chi connectivity index (χ0) is 18.9. The van der Waals surface area contributed by atoms with E-state index in [1.807, 2.05) is 0 Å². The van der Waals surface area contributed by atoms with E-state index in [1.54, 1.807) is 35.9 Å². The lowest BCUT2D eigenvalue weighted by Gasteiger charge is -2.12. The van der Waals surface area contributed by atoms with Crippen LogP contribution in [-0.4, -0.2) is 34.3 Å². The van der Waals surface area contributed by atoms with Gasteiger partial charge >= 0.3 is 5.97 Å². The molecule has 26 heavy (non-hydrogen) atoms. The van der Waals surface area contributed by atoms with E-state index in [9.17, 15) is 13.2 Å². The number of anilines is 1. The number of nitrogens with zero attached hydrogens (tertiary/aromatic N) is 3. The molecule has 0 bridgehead atoms. The van der Waals surface area contributed by atoms with Gasteiger partial charge in [-0.15, -0.1) is 10.2 Å². The Bertz CT molecular complexity index is 1100. The molecule has 2 aromatic carbocycles. The maximum absolute atomic E-state index is 12.7. The summed E-state index contributed by atoms with van der Waals surface area (Å²) in [6, 6.07) is 10.2. The summed E-state index contributed by atoms with van der Waals surface area (Å²) in [5.74, 6) is -0.748. The number of carbonyl (C=O) groups is 1. The van der Waals surface area contributed by atoms with Crippen molar-refractivity contribution in [2.24, 2.45) is 7.05 Å². The lowest BCUT2D eigenvalue weighted by atomic mass is 10.2. The number of benzene rings is 2. The highest BCUT2D eigenvalue weighted by molar-refractivity contribution is 7.92. The number of aromatic nitrogens is 3. The second-order valence-electron chi connectivity index (χ2n) is 5.36. The van der Waals surface area contributed by atoms with E-state index in [0.717, 1.165) is 12.1 Å². The van der Waals surface area contributed by atoms with Crippen LogP contribution in [0.25, 0.3) is 11.4 Å². The molecule has 134 valence electrons. The van der Waals surface area contributed by atoms with Crippen LogP contribution in [-0.2, 0) is 17.1 Å². The fourth-order valence-corrected chi connectivity index (χ4v) is 3.77. The van der Waals surface area contributed by atoms with Gasteiger partial charge in [-0.2, -0.15) is 0 Å². The Hall–Kier alpha value is -2.91. The van der Waals surface area contributed by atoms with Gasteiger partial charge in [-0.05, 0) is 30.3 Å². The maximum Gasteiger partial charge on any atom is 0.337 e. The number of carboxylic acids is 1. The van der Waals surface area contributed by atoms with Crippen LogP contribution < -0.4 is 4.72 Å². The van der Waals surface area contributed by atoms with Crippen molar-refractivity contribution in [2.45, 2.75) is 4.90 Å². The molecule has 0 fully saturated rings. The zero-order valence-corrected chi connectivity index (χ0v) is 15.0. The number of nitrogens with one attached hydrogen (secondary N) is 1. The number of sulfonamides is 1. The molecule has 3 aromatic rings. The summed E-state index contributed by atoms with van der Waals surface area (Å²) in [7, 11) is -2.25. The number of para-hydroxylation sites is 1. The topological polar surface area (TPSA) is 114 Å². The molecule has 3 rings (SSSR count). The Labute approximate surface area is 154 Å². The molecule has 0 aliphatic rings. The molecule has 0 unspecified atom stereocenters. The third-order valence-electron chi connectivity index (χ3n) is 3.60. The Balaban J connectivity index is 2.00. The summed E-state index contributed by atoms with van der Waals surface area (Å²) < 4.78 is 29.5. The van der Waals surface area contributed by atoms with E-state index in [-0.39, 0.29) is 15.5 Å². The number of carboxylic acid groups (broad SMARTS) is 1. The van der Waals surface area contributed by atoms with E-state index >= 15 is 0 Å². The predicted molar refractivity (Wildman–Crippen MR) is 95.7 cm³/mol. The van der Waals surface area contributed by atoms with Gasteiger partial charge in [0.15, 0.2) is 5.82 Å². The number of hydrogen-bond donors (Lipinski definition) is 2. The molecule has 10 heteroatoms. The van der Waals surface area contributed by atoms with Crippen molar-refractivity contribution < 1.29 is 18.3 Å². The van der Waals surface area contributed by atoms with E-state index in [2.05, 4.69) is 14.9 Å². The highest BCUT2D eigenvalue weighted by atomic mass is 35.5. The van der Waals surface area contributed by atoms with Gasteiger partial charge in [0.25, 0.3) is 10.0 Å². The summed E-state index contributed by atoms with van der Waals surface area (Å²) >= 11 is 5.87. The molecule has 0 spiro atoms. The molecule has 0 atom stereocenters. The van der Waals surface area contributed by atoms with Crippen molar-refractivity contribution in [3.63, 3.8) is 0 Å². The first kappa shape index (κ1) is 17.9. The maximum atomic E-state index is 12.7. The molecule has 1 aromatic heterocycles. The van der Waals surface area contributed by atoms with Crippen molar-refractivity contribution in [3.05, 3.63) is 59.4 Å². The third kappa shape index (κ3) is 3.39. The summed E-state index contributed by atoms with van der Waals surface area (Å²) in [5.41, 5.74) is 0.677. The molecule has 2 N–H and O–H groups in total. The van der Waals surface area contributed by atoms with Crippen LogP contribution in [0.5, 0.6) is 0 Å². The zero-order valence-electron chi connectivity index (χ0n) is 13.4. The fraction of sp³-hybridized carbons (Fsp3) is 0.0625. The van der Waals surface area contributed by atoms with Crippen LogP contribution in [0.3, 0.4) is 0 Å². The molecule has 0 amide bonds. The molecular formula is C16H13ClN4O4S. The first-order valence-electron chi connectivity index (χ1n) is 7.28. The molecule has 0 saturated heterocycles. The van der Waals surface area contributed by atoms with Gasteiger partial charge in [-0.25, -0.2) is 13.2 Å². The molecule has 0 radical (unpaired) electrons. The minimum atomic E-state index is -3.99. The fourth-order valence-electron chi connectivity index (χ4n) is 2.33. The Morgan fingerprint density at radius 2 is 1.96 bits per heavy atom. The van der Waals surface area contributed by atoms with Gasteiger partial charge in [-0.3, -0.25) is 4.72 Å². The SMILES string of the molecule is Cn1cnnc1-c1ccccc1NS(=O)(=O)c1ccc(C(=O)O)c(Cl)c1. The predicted octanol–water partition coefficient (Wildman–Crippen LogP) is 2.63. The van der Waals surface area contributed by atoms with Gasteiger partial charge in [0.2, 0.25) is 0 Å². The van der Waals surface area contributed by atoms with Gasteiger partial charge in [-0.1, -0.05) is 23.7 Å². The third-order valence-corrected chi connectivity index (χ3v) is 5.28. The van der Waals surface area contributed by atoms with Crippen molar-refractivity contribution in [1.82, 2.24) is 14.8 Å². The Morgan fingerprint density at radius 3 is 2.58 bits per heavy atom. The van der Waals surface area contributed by atoms with Gasteiger partial charge < -0.3 is 9.67 Å². The number of aromatic carboxylic acids is 1. The van der Waals surface area contributed by atoms with Crippen LogP contribution in [0.2, 0.25) is 5.02 Å². The largest absolute Gasteiger partial charge is 0.478 e. The molecule has 0 aliphatic carbocycles. The normalized spacial score (nSPS) is 11.3. The van der Waals surface area contributed by atoms with Crippen LogP contribution in [0.4, 0.5) is 5.69 Å². The second kappa shape index (κ2) is 6.77. The lowest BCUT2D eigenvalue weighted by Crippen LogP contribution is -2.14. The molecule has 0 saturated carbocycles. The minimum Gasteiger partial charge on any atom is -0.478 e. The molecular weight excluding hydrogens is 380 g/mol. The van der Waals surface area contributed by atoms with Crippen molar-refractivity contribution >= 4 is 33.3 Å². The van der Waals surface area contributed by atoms with E-state index in [4.69, 9.17) is 16.7 Å². The van der Waals surface area contributed by atoms with Crippen molar-refractivity contribution in [3.8, 4) is 11.4 Å². The Kier molecular flexibility index (Phi) is 4.66.